The number of hydrogen-bond acceptors (Lipinski definition) is 5. The van der Waals surface area contributed by atoms with Crippen molar-refractivity contribution in [2.24, 2.45) is 0 Å². The van der Waals surface area contributed by atoms with E-state index in [-0.39, 0.29) is 5.97 Å². The molecule has 0 aliphatic carbocycles. The SMILES string of the molecule is CCOC(=O)CCNCc1cnc2cnc(Br)cn12. The molecular weight excluding hydrogens is 312 g/mol. The van der Waals surface area contributed by atoms with Crippen molar-refractivity contribution in [2.75, 3.05) is 13.2 Å². The monoisotopic (exact) mass is 326 g/mol. The van der Waals surface area contributed by atoms with Crippen molar-refractivity contribution >= 4 is 27.5 Å². The summed E-state index contributed by atoms with van der Waals surface area (Å²) in [6.07, 6.45) is 5.73. The van der Waals surface area contributed by atoms with Crippen LogP contribution in [0, 0.1) is 0 Å². The molecule has 6 nitrogen and oxygen atoms in total. The highest BCUT2D eigenvalue weighted by atomic mass is 79.9. The lowest BCUT2D eigenvalue weighted by molar-refractivity contribution is -0.142. The molecule has 0 bridgehead atoms. The zero-order valence-corrected chi connectivity index (χ0v) is 12.2. The van der Waals surface area contributed by atoms with Gasteiger partial charge in [0.25, 0.3) is 0 Å². The second kappa shape index (κ2) is 6.63. The number of imidazole rings is 1. The highest BCUT2D eigenvalue weighted by Gasteiger charge is 2.05. The fraction of sp³-hybridized carbons (Fsp3) is 0.417. The molecule has 1 N–H and O–H groups in total. The first-order valence-corrected chi connectivity index (χ1v) is 6.84. The van der Waals surface area contributed by atoms with Gasteiger partial charge in [-0.2, -0.15) is 0 Å². The number of fused-ring (bicyclic) bond motifs is 1. The van der Waals surface area contributed by atoms with Gasteiger partial charge in [-0.1, -0.05) is 0 Å². The van der Waals surface area contributed by atoms with Crippen molar-refractivity contribution in [1.29, 1.82) is 0 Å². The molecule has 19 heavy (non-hydrogen) atoms. The van der Waals surface area contributed by atoms with Crippen LogP contribution in [-0.2, 0) is 16.1 Å². The Bertz CT molecular complexity index is 570. The average Bonchev–Trinajstić information content (AvgIpc) is 2.77. The molecule has 102 valence electrons. The Labute approximate surface area is 119 Å². The summed E-state index contributed by atoms with van der Waals surface area (Å²) in [5.41, 5.74) is 1.81. The number of aromatic nitrogens is 3. The third kappa shape index (κ3) is 3.74. The number of carbonyl (C=O) groups excluding carboxylic acids is 1. The summed E-state index contributed by atoms with van der Waals surface area (Å²) in [6.45, 7) is 3.44. The minimum atomic E-state index is -0.180. The fourth-order valence-corrected chi connectivity index (χ4v) is 1.99. The Morgan fingerprint density at radius 1 is 1.47 bits per heavy atom. The topological polar surface area (TPSA) is 68.5 Å². The summed E-state index contributed by atoms with van der Waals surface area (Å²) >= 11 is 3.33. The summed E-state index contributed by atoms with van der Waals surface area (Å²) in [4.78, 5) is 19.5. The zero-order valence-electron chi connectivity index (χ0n) is 10.6. The molecule has 0 aliphatic rings. The van der Waals surface area contributed by atoms with E-state index in [0.717, 1.165) is 15.9 Å². The highest BCUT2D eigenvalue weighted by Crippen LogP contribution is 2.10. The molecule has 7 heteroatoms. The summed E-state index contributed by atoms with van der Waals surface area (Å²) in [7, 11) is 0. The molecule has 0 aromatic carbocycles. The van der Waals surface area contributed by atoms with Crippen LogP contribution in [0.25, 0.3) is 5.65 Å². The summed E-state index contributed by atoms with van der Waals surface area (Å²) in [5, 5.41) is 3.19. The minimum absolute atomic E-state index is 0.180. The van der Waals surface area contributed by atoms with Gasteiger partial charge in [-0.15, -0.1) is 0 Å². The first kappa shape index (κ1) is 14.0. The maximum atomic E-state index is 11.2. The summed E-state index contributed by atoms with van der Waals surface area (Å²) in [6, 6.07) is 0. The van der Waals surface area contributed by atoms with Crippen molar-refractivity contribution in [1.82, 2.24) is 19.7 Å². The van der Waals surface area contributed by atoms with Crippen molar-refractivity contribution in [3.8, 4) is 0 Å². The standard InChI is InChI=1S/C12H15BrN4O2/c1-2-19-12(18)3-4-14-5-9-6-16-11-7-15-10(13)8-17(9)11/h6-8,14H,2-5H2,1H3. The number of ether oxygens (including phenoxy) is 1. The van der Waals surface area contributed by atoms with Crippen LogP contribution in [0.2, 0.25) is 0 Å². The molecule has 0 amide bonds. The Kier molecular flexibility index (Phi) is 4.86. The lowest BCUT2D eigenvalue weighted by atomic mass is 10.4. The lowest BCUT2D eigenvalue weighted by Crippen LogP contribution is -2.19. The molecule has 2 rings (SSSR count). The Hall–Kier alpha value is -1.47. The molecule has 0 saturated heterocycles. The number of esters is 1. The van der Waals surface area contributed by atoms with Crippen LogP contribution in [0.15, 0.2) is 23.2 Å². The van der Waals surface area contributed by atoms with Gasteiger partial charge in [0.15, 0.2) is 5.65 Å². The highest BCUT2D eigenvalue weighted by molar-refractivity contribution is 9.10. The van der Waals surface area contributed by atoms with Crippen LogP contribution < -0.4 is 5.32 Å². The minimum Gasteiger partial charge on any atom is -0.466 e. The van der Waals surface area contributed by atoms with Gasteiger partial charge in [-0.25, -0.2) is 9.97 Å². The predicted molar refractivity (Wildman–Crippen MR) is 73.6 cm³/mol. The maximum Gasteiger partial charge on any atom is 0.307 e. The number of rotatable bonds is 6. The molecule has 0 spiro atoms. The molecule has 0 fully saturated rings. The fourth-order valence-electron chi connectivity index (χ4n) is 1.69. The van der Waals surface area contributed by atoms with Crippen LogP contribution in [0.5, 0.6) is 0 Å². The van der Waals surface area contributed by atoms with E-state index in [1.807, 2.05) is 10.6 Å². The van der Waals surface area contributed by atoms with E-state index in [4.69, 9.17) is 4.74 Å². The molecule has 0 aliphatic heterocycles. The Balaban J connectivity index is 1.88. The Morgan fingerprint density at radius 3 is 3.11 bits per heavy atom. The summed E-state index contributed by atoms with van der Waals surface area (Å²) < 4.78 is 7.56. The van der Waals surface area contributed by atoms with Crippen LogP contribution in [0.4, 0.5) is 0 Å². The first-order chi connectivity index (χ1) is 9.20. The third-order valence-corrected chi connectivity index (χ3v) is 2.97. The van der Waals surface area contributed by atoms with E-state index in [9.17, 15) is 4.79 Å². The van der Waals surface area contributed by atoms with E-state index in [0.29, 0.717) is 26.1 Å². The van der Waals surface area contributed by atoms with Crippen LogP contribution >= 0.6 is 15.9 Å². The lowest BCUT2D eigenvalue weighted by Gasteiger charge is -2.05. The summed E-state index contributed by atoms with van der Waals surface area (Å²) in [5.74, 6) is -0.180. The van der Waals surface area contributed by atoms with Gasteiger partial charge in [-0.3, -0.25) is 9.20 Å². The molecule has 0 unspecified atom stereocenters. The van der Waals surface area contributed by atoms with Crippen molar-refractivity contribution < 1.29 is 9.53 Å². The number of carbonyl (C=O) groups is 1. The number of hydrogen-bond donors (Lipinski definition) is 1. The van der Waals surface area contributed by atoms with Gasteiger partial charge in [-0.05, 0) is 22.9 Å². The molecule has 2 aromatic heterocycles. The second-order valence-electron chi connectivity index (χ2n) is 3.92. The van der Waals surface area contributed by atoms with Crippen molar-refractivity contribution in [2.45, 2.75) is 19.9 Å². The van der Waals surface area contributed by atoms with Crippen molar-refractivity contribution in [3.63, 3.8) is 0 Å². The molecule has 0 saturated carbocycles. The molecule has 0 atom stereocenters. The number of halogens is 1. The molecule has 2 heterocycles. The van der Waals surface area contributed by atoms with Gasteiger partial charge >= 0.3 is 5.97 Å². The van der Waals surface area contributed by atoms with Gasteiger partial charge in [0.1, 0.15) is 4.60 Å². The normalized spacial score (nSPS) is 10.8. The van der Waals surface area contributed by atoms with Gasteiger partial charge in [0.2, 0.25) is 0 Å². The van der Waals surface area contributed by atoms with Gasteiger partial charge in [0, 0.05) is 19.3 Å². The number of nitrogens with zero attached hydrogens (tertiary/aromatic N) is 3. The maximum absolute atomic E-state index is 11.2. The molecular formula is C12H15BrN4O2. The van der Waals surface area contributed by atoms with Gasteiger partial charge in [0.05, 0.1) is 31.1 Å². The van der Waals surface area contributed by atoms with E-state index in [1.165, 1.54) is 0 Å². The predicted octanol–water partition coefficient (Wildman–Crippen LogP) is 1.53. The van der Waals surface area contributed by atoms with Gasteiger partial charge < -0.3 is 10.1 Å². The smallest absolute Gasteiger partial charge is 0.307 e. The second-order valence-corrected chi connectivity index (χ2v) is 4.73. The third-order valence-electron chi connectivity index (χ3n) is 2.56. The van der Waals surface area contributed by atoms with E-state index >= 15 is 0 Å². The van der Waals surface area contributed by atoms with Crippen molar-refractivity contribution in [3.05, 3.63) is 28.9 Å². The largest absolute Gasteiger partial charge is 0.466 e. The van der Waals surface area contributed by atoms with Crippen LogP contribution in [0.3, 0.4) is 0 Å². The Morgan fingerprint density at radius 2 is 2.32 bits per heavy atom. The quantitative estimate of drug-likeness (QED) is 0.644. The molecule has 0 radical (unpaired) electrons. The molecule has 2 aromatic rings. The average molecular weight is 327 g/mol. The van der Waals surface area contributed by atoms with Crippen LogP contribution in [0.1, 0.15) is 19.0 Å². The first-order valence-electron chi connectivity index (χ1n) is 6.04. The van der Waals surface area contributed by atoms with E-state index in [2.05, 4.69) is 31.2 Å². The van der Waals surface area contributed by atoms with E-state index < -0.39 is 0 Å². The van der Waals surface area contributed by atoms with Crippen LogP contribution in [-0.4, -0.2) is 33.5 Å². The van der Waals surface area contributed by atoms with E-state index in [1.54, 1.807) is 19.3 Å². The zero-order chi connectivity index (χ0) is 13.7. The number of nitrogens with one attached hydrogen (secondary N) is 1.